The number of hydrogen-bond donors (Lipinski definition) is 0. The van der Waals surface area contributed by atoms with Crippen LogP contribution in [0.2, 0.25) is 0 Å². The van der Waals surface area contributed by atoms with E-state index in [1.54, 1.807) is 26.0 Å². The highest BCUT2D eigenvalue weighted by Crippen LogP contribution is 2.39. The average Bonchev–Trinajstić information content (AvgIpc) is 3.31. The van der Waals surface area contributed by atoms with Crippen molar-refractivity contribution in [1.29, 1.82) is 0 Å². The fraction of sp³-hybridized carbons (Fsp3) is 0.435. The highest BCUT2D eigenvalue weighted by Gasteiger charge is 2.33. The lowest BCUT2D eigenvalue weighted by Crippen LogP contribution is -2.48. The van der Waals surface area contributed by atoms with E-state index in [-0.39, 0.29) is 11.9 Å². The van der Waals surface area contributed by atoms with E-state index in [2.05, 4.69) is 25.3 Å². The van der Waals surface area contributed by atoms with Crippen molar-refractivity contribution in [2.45, 2.75) is 12.6 Å². The van der Waals surface area contributed by atoms with E-state index in [4.69, 9.17) is 14.2 Å². The van der Waals surface area contributed by atoms with Crippen LogP contribution >= 0.6 is 0 Å². The summed E-state index contributed by atoms with van der Waals surface area (Å²) in [4.78, 5) is 4.59. The molecule has 33 heavy (non-hydrogen) atoms. The monoisotopic (exact) mass is 456 g/mol. The predicted molar refractivity (Wildman–Crippen MR) is 121 cm³/mol. The van der Waals surface area contributed by atoms with Crippen molar-refractivity contribution in [2.24, 2.45) is 0 Å². The van der Waals surface area contributed by atoms with Crippen LogP contribution in [0.15, 0.2) is 42.5 Å². The van der Waals surface area contributed by atoms with Crippen LogP contribution in [-0.4, -0.2) is 79.2 Å². The van der Waals surface area contributed by atoms with Crippen LogP contribution in [0.1, 0.15) is 17.4 Å². The summed E-state index contributed by atoms with van der Waals surface area (Å²) in [5.41, 5.74) is 1.94. The van der Waals surface area contributed by atoms with Gasteiger partial charge in [0.25, 0.3) is 0 Å². The van der Waals surface area contributed by atoms with Crippen LogP contribution in [-0.2, 0) is 11.3 Å². The summed E-state index contributed by atoms with van der Waals surface area (Å²) in [6.07, 6.45) is 0. The molecule has 1 aromatic heterocycles. The lowest BCUT2D eigenvalue weighted by atomic mass is 10.0. The Hall–Kier alpha value is -3.24. The summed E-state index contributed by atoms with van der Waals surface area (Å²) >= 11 is 0. The standard InChI is InChI=1S/C23H29FN6O3/c1-31-16-15-30-23(25-26-27-30)21(19-5-4-6-20(32-2)22(19)33-3)29-13-11-28(12-14-29)18-9-7-17(24)8-10-18/h4-10,21H,11-16H2,1-3H3. The van der Waals surface area contributed by atoms with Gasteiger partial charge in [-0.15, -0.1) is 5.10 Å². The van der Waals surface area contributed by atoms with Gasteiger partial charge in [0.2, 0.25) is 0 Å². The number of hydrogen-bond acceptors (Lipinski definition) is 8. The number of anilines is 1. The van der Waals surface area contributed by atoms with Gasteiger partial charge >= 0.3 is 0 Å². The Labute approximate surface area is 192 Å². The Morgan fingerprint density at radius 3 is 2.39 bits per heavy atom. The fourth-order valence-corrected chi connectivity index (χ4v) is 4.26. The number of methoxy groups -OCH3 is 3. The van der Waals surface area contributed by atoms with Crippen molar-refractivity contribution in [3.63, 3.8) is 0 Å². The Balaban J connectivity index is 1.66. The zero-order chi connectivity index (χ0) is 23.2. The maximum absolute atomic E-state index is 13.3. The molecule has 1 fully saturated rings. The number of tetrazole rings is 1. The van der Waals surface area contributed by atoms with Crippen LogP contribution < -0.4 is 14.4 Å². The molecule has 9 nitrogen and oxygen atoms in total. The number of halogens is 1. The van der Waals surface area contributed by atoms with Crippen molar-refractivity contribution in [2.75, 3.05) is 59.0 Å². The number of piperazine rings is 1. The third-order valence-electron chi connectivity index (χ3n) is 5.91. The van der Waals surface area contributed by atoms with Gasteiger partial charge in [-0.3, -0.25) is 4.90 Å². The van der Waals surface area contributed by atoms with Gasteiger partial charge in [-0.1, -0.05) is 12.1 Å². The zero-order valence-electron chi connectivity index (χ0n) is 19.1. The smallest absolute Gasteiger partial charge is 0.173 e. The van der Waals surface area contributed by atoms with Gasteiger partial charge in [0, 0.05) is 44.5 Å². The Morgan fingerprint density at radius 2 is 1.73 bits per heavy atom. The average molecular weight is 457 g/mol. The minimum atomic E-state index is -0.239. The number of ether oxygens (including phenoxy) is 3. The Bertz CT molecular complexity index is 1040. The summed E-state index contributed by atoms with van der Waals surface area (Å²) in [6.45, 7) is 4.14. The van der Waals surface area contributed by atoms with E-state index in [1.165, 1.54) is 12.1 Å². The molecule has 0 bridgehead atoms. The Morgan fingerprint density at radius 1 is 0.970 bits per heavy atom. The third-order valence-corrected chi connectivity index (χ3v) is 5.91. The van der Waals surface area contributed by atoms with E-state index in [0.29, 0.717) is 30.5 Å². The molecule has 1 atom stereocenters. The predicted octanol–water partition coefficient (Wildman–Crippen LogP) is 2.39. The van der Waals surface area contributed by atoms with Crippen molar-refractivity contribution >= 4 is 5.69 Å². The molecular formula is C23H29FN6O3. The molecule has 2 heterocycles. The molecule has 0 spiro atoms. The van der Waals surface area contributed by atoms with Crippen molar-refractivity contribution in [3.05, 3.63) is 59.7 Å². The minimum Gasteiger partial charge on any atom is -0.493 e. The van der Waals surface area contributed by atoms with E-state index >= 15 is 0 Å². The first-order chi connectivity index (χ1) is 16.2. The molecular weight excluding hydrogens is 427 g/mol. The summed E-state index contributed by atoms with van der Waals surface area (Å²) in [6, 6.07) is 12.2. The highest BCUT2D eigenvalue weighted by atomic mass is 19.1. The lowest BCUT2D eigenvalue weighted by molar-refractivity contribution is 0.170. The number of rotatable bonds is 9. The topological polar surface area (TPSA) is 77.8 Å². The first-order valence-corrected chi connectivity index (χ1v) is 10.9. The van der Waals surface area contributed by atoms with Gasteiger partial charge in [-0.05, 0) is 40.8 Å². The molecule has 0 aliphatic carbocycles. The van der Waals surface area contributed by atoms with Gasteiger partial charge in [0.1, 0.15) is 11.9 Å². The maximum Gasteiger partial charge on any atom is 0.173 e. The largest absolute Gasteiger partial charge is 0.493 e. The van der Waals surface area contributed by atoms with E-state index in [9.17, 15) is 4.39 Å². The second-order valence-electron chi connectivity index (χ2n) is 7.74. The SMILES string of the molecule is COCCn1nnnc1C(c1cccc(OC)c1OC)N1CCN(c2ccc(F)cc2)CC1. The molecule has 0 N–H and O–H groups in total. The zero-order valence-corrected chi connectivity index (χ0v) is 19.1. The first kappa shape index (κ1) is 22.9. The molecule has 0 saturated carbocycles. The summed E-state index contributed by atoms with van der Waals surface area (Å²) in [5, 5.41) is 12.5. The van der Waals surface area contributed by atoms with Crippen molar-refractivity contribution < 1.29 is 18.6 Å². The second kappa shape index (κ2) is 10.6. The first-order valence-electron chi connectivity index (χ1n) is 10.9. The molecule has 1 aliphatic rings. The molecule has 0 radical (unpaired) electrons. The van der Waals surface area contributed by atoms with Gasteiger partial charge in [-0.2, -0.15) is 0 Å². The summed E-state index contributed by atoms with van der Waals surface area (Å²) < 4.78 is 31.7. The van der Waals surface area contributed by atoms with Crippen molar-refractivity contribution in [3.8, 4) is 11.5 Å². The number of benzene rings is 2. The molecule has 1 unspecified atom stereocenters. The maximum atomic E-state index is 13.3. The van der Waals surface area contributed by atoms with Gasteiger partial charge in [0.05, 0.1) is 27.4 Å². The van der Waals surface area contributed by atoms with Crippen LogP contribution in [0.5, 0.6) is 11.5 Å². The van der Waals surface area contributed by atoms with E-state index < -0.39 is 0 Å². The molecule has 4 rings (SSSR count). The molecule has 2 aromatic carbocycles. The van der Waals surface area contributed by atoms with Crippen LogP contribution in [0.25, 0.3) is 0 Å². The number of aromatic nitrogens is 4. The van der Waals surface area contributed by atoms with Gasteiger partial charge in [-0.25, -0.2) is 9.07 Å². The molecule has 1 aliphatic heterocycles. The fourth-order valence-electron chi connectivity index (χ4n) is 4.26. The normalized spacial score (nSPS) is 15.5. The Kier molecular flexibility index (Phi) is 7.36. The van der Waals surface area contributed by atoms with Crippen LogP contribution in [0, 0.1) is 5.82 Å². The molecule has 176 valence electrons. The quantitative estimate of drug-likeness (QED) is 0.486. The van der Waals surface area contributed by atoms with E-state index in [1.807, 2.05) is 30.3 Å². The highest BCUT2D eigenvalue weighted by molar-refractivity contribution is 5.50. The number of nitrogens with zero attached hydrogens (tertiary/aromatic N) is 6. The molecule has 0 amide bonds. The van der Waals surface area contributed by atoms with Crippen LogP contribution in [0.4, 0.5) is 10.1 Å². The van der Waals surface area contributed by atoms with Gasteiger partial charge < -0.3 is 19.1 Å². The molecule has 10 heteroatoms. The molecule has 3 aromatic rings. The third kappa shape index (κ3) is 4.91. The van der Waals surface area contributed by atoms with Crippen molar-refractivity contribution in [1.82, 2.24) is 25.1 Å². The summed E-state index contributed by atoms with van der Waals surface area (Å²) in [7, 11) is 4.92. The van der Waals surface area contributed by atoms with Crippen LogP contribution in [0.3, 0.4) is 0 Å². The number of para-hydroxylation sites is 1. The lowest BCUT2D eigenvalue weighted by Gasteiger charge is -2.40. The van der Waals surface area contributed by atoms with Gasteiger partial charge in [0.15, 0.2) is 17.3 Å². The second-order valence-corrected chi connectivity index (χ2v) is 7.74. The van der Waals surface area contributed by atoms with E-state index in [0.717, 1.165) is 37.4 Å². The molecule has 1 saturated heterocycles. The minimum absolute atomic E-state index is 0.231. The summed E-state index contributed by atoms with van der Waals surface area (Å²) in [5.74, 6) is 1.80.